The molecule has 0 aliphatic heterocycles. The van der Waals surface area contributed by atoms with Gasteiger partial charge in [0.05, 0.1) is 10.6 Å². The topological polar surface area (TPSA) is 25.8 Å². The summed E-state index contributed by atoms with van der Waals surface area (Å²) < 4.78 is 0. The molecule has 1 heterocycles. The quantitative estimate of drug-likeness (QED) is 0.542. The van der Waals surface area contributed by atoms with Crippen LogP contribution in [0.15, 0.2) is 14.8 Å². The molecule has 0 aromatic carbocycles. The Kier molecular flexibility index (Phi) is 2.49. The van der Waals surface area contributed by atoms with E-state index in [-0.39, 0.29) is 0 Å². The third-order valence-corrected chi connectivity index (χ3v) is 2.72. The van der Waals surface area contributed by atoms with E-state index in [0.29, 0.717) is 9.92 Å². The highest BCUT2D eigenvalue weighted by Gasteiger charge is 2.03. The fourth-order valence-electron chi connectivity index (χ4n) is 0.494. The molecule has 1 aromatic heterocycles. The minimum absolute atomic E-state index is 0.513. The minimum Gasteiger partial charge on any atom is -0.154 e. The van der Waals surface area contributed by atoms with Gasteiger partial charge >= 0.3 is 0 Å². The molecule has 0 saturated heterocycles. The van der Waals surface area contributed by atoms with Crippen molar-refractivity contribution in [1.82, 2.24) is 10.2 Å². The molecule has 1 rings (SSSR count). The molecule has 1 aromatic rings. The summed E-state index contributed by atoms with van der Waals surface area (Å²) in [6, 6.07) is 0. The van der Waals surface area contributed by atoms with Crippen LogP contribution in [0.25, 0.3) is 0 Å². The highest BCUT2D eigenvalue weighted by atomic mass is 32.1. The molecule has 2 nitrogen and oxygen atoms in total. The van der Waals surface area contributed by atoms with E-state index < -0.39 is 0 Å². The summed E-state index contributed by atoms with van der Waals surface area (Å²) in [7, 11) is 0. The molecular weight excluding hydrogens is 184 g/mol. The molecule has 0 aliphatic carbocycles. The Morgan fingerprint density at radius 3 is 2.10 bits per heavy atom. The van der Waals surface area contributed by atoms with Crippen molar-refractivity contribution in [2.45, 2.75) is 21.7 Å². The zero-order valence-corrected chi connectivity index (χ0v) is 7.92. The fourth-order valence-corrected chi connectivity index (χ4v) is 1.10. The number of hydrogen-bond donors (Lipinski definition) is 3. The van der Waals surface area contributed by atoms with Gasteiger partial charge < -0.3 is 0 Å². The molecule has 0 spiro atoms. The standard InChI is InChI=1S/C5H6N2S3/c1-2-3(8)4(9)5(10)7-6-2/h1H3,(H,6,9)(H2,7,8,10). The number of rotatable bonds is 0. The Labute approximate surface area is 75.7 Å². The molecule has 5 heteroatoms. The summed E-state index contributed by atoms with van der Waals surface area (Å²) in [4.78, 5) is 1.42. The zero-order chi connectivity index (χ0) is 7.72. The normalized spacial score (nSPS) is 10.0. The predicted molar refractivity (Wildman–Crippen MR) is 48.5 cm³/mol. The van der Waals surface area contributed by atoms with Gasteiger partial charge in [-0.15, -0.1) is 43.0 Å². The molecule has 0 fully saturated rings. The molecule has 0 radical (unpaired) electrons. The number of nitrogens with zero attached hydrogens (tertiary/aromatic N) is 2. The Morgan fingerprint density at radius 2 is 1.60 bits per heavy atom. The number of aryl methyl sites for hydroxylation is 1. The monoisotopic (exact) mass is 190 g/mol. The number of hydrogen-bond acceptors (Lipinski definition) is 5. The van der Waals surface area contributed by atoms with Crippen LogP contribution < -0.4 is 0 Å². The van der Waals surface area contributed by atoms with E-state index in [4.69, 9.17) is 0 Å². The third kappa shape index (κ3) is 1.41. The van der Waals surface area contributed by atoms with Crippen LogP contribution in [0.4, 0.5) is 0 Å². The second kappa shape index (κ2) is 3.02. The lowest BCUT2D eigenvalue weighted by atomic mass is 10.4. The Morgan fingerprint density at radius 1 is 1.00 bits per heavy atom. The van der Waals surface area contributed by atoms with Crippen molar-refractivity contribution in [3.8, 4) is 0 Å². The van der Waals surface area contributed by atoms with Crippen LogP contribution in [0, 0.1) is 6.92 Å². The molecule has 0 aliphatic rings. The van der Waals surface area contributed by atoms with Crippen molar-refractivity contribution in [2.24, 2.45) is 0 Å². The maximum absolute atomic E-state index is 4.15. The SMILES string of the molecule is Cc1nnc(S)c(S)c1S. The lowest BCUT2D eigenvalue weighted by Crippen LogP contribution is -1.91. The van der Waals surface area contributed by atoms with E-state index in [1.54, 1.807) is 0 Å². The van der Waals surface area contributed by atoms with Gasteiger partial charge in [0, 0.05) is 4.90 Å². The average Bonchev–Trinajstić information content (AvgIpc) is 1.93. The summed E-state index contributed by atoms with van der Waals surface area (Å²) >= 11 is 12.3. The van der Waals surface area contributed by atoms with Crippen LogP contribution >= 0.6 is 37.9 Å². The van der Waals surface area contributed by atoms with Gasteiger partial charge in [-0.1, -0.05) is 0 Å². The predicted octanol–water partition coefficient (Wildman–Crippen LogP) is 1.65. The summed E-state index contributed by atoms with van der Waals surface area (Å²) in [5.74, 6) is 0. The van der Waals surface area contributed by atoms with Crippen molar-refractivity contribution in [3.05, 3.63) is 5.69 Å². The second-order valence-electron chi connectivity index (χ2n) is 1.81. The van der Waals surface area contributed by atoms with Crippen LogP contribution in [0.1, 0.15) is 5.69 Å². The molecule has 0 atom stereocenters. The van der Waals surface area contributed by atoms with Gasteiger partial charge in [0.15, 0.2) is 0 Å². The highest BCUT2D eigenvalue weighted by molar-refractivity contribution is 7.85. The van der Waals surface area contributed by atoms with E-state index in [2.05, 4.69) is 48.1 Å². The highest BCUT2D eigenvalue weighted by Crippen LogP contribution is 2.24. The number of thiol groups is 3. The fraction of sp³-hybridized carbons (Fsp3) is 0.200. The first-order chi connectivity index (χ1) is 4.63. The Balaban J connectivity index is 3.34. The van der Waals surface area contributed by atoms with E-state index >= 15 is 0 Å². The molecule has 54 valence electrons. The van der Waals surface area contributed by atoms with E-state index in [0.717, 1.165) is 10.6 Å². The first-order valence-electron chi connectivity index (χ1n) is 2.57. The van der Waals surface area contributed by atoms with Crippen molar-refractivity contribution < 1.29 is 0 Å². The largest absolute Gasteiger partial charge is 0.154 e. The molecule has 10 heavy (non-hydrogen) atoms. The summed E-state index contributed by atoms with van der Waals surface area (Å²) in [6.07, 6.45) is 0. The van der Waals surface area contributed by atoms with Crippen molar-refractivity contribution in [3.63, 3.8) is 0 Å². The van der Waals surface area contributed by atoms with Crippen LogP contribution in [0.2, 0.25) is 0 Å². The van der Waals surface area contributed by atoms with Gasteiger partial charge in [-0.2, -0.15) is 5.10 Å². The smallest absolute Gasteiger partial charge is 0.130 e. The average molecular weight is 190 g/mol. The van der Waals surface area contributed by atoms with Crippen LogP contribution in [-0.2, 0) is 0 Å². The molecular formula is C5H6N2S3. The minimum atomic E-state index is 0.513. The maximum Gasteiger partial charge on any atom is 0.130 e. The van der Waals surface area contributed by atoms with Crippen molar-refractivity contribution >= 4 is 37.9 Å². The molecule has 0 N–H and O–H groups in total. The maximum atomic E-state index is 4.15. The Hall–Kier alpha value is 0.130. The number of aromatic nitrogens is 2. The summed E-state index contributed by atoms with van der Waals surface area (Å²) in [6.45, 7) is 1.82. The van der Waals surface area contributed by atoms with E-state index in [1.807, 2.05) is 6.92 Å². The van der Waals surface area contributed by atoms with Gasteiger partial charge in [-0.25, -0.2) is 0 Å². The van der Waals surface area contributed by atoms with Gasteiger partial charge in [-0.05, 0) is 6.92 Å². The lowest BCUT2D eigenvalue weighted by molar-refractivity contribution is 0.806. The first kappa shape index (κ1) is 8.23. The molecule has 0 amide bonds. The van der Waals surface area contributed by atoms with E-state index in [1.165, 1.54) is 0 Å². The Bertz CT molecular complexity index is 234. The van der Waals surface area contributed by atoms with Crippen LogP contribution in [0.5, 0.6) is 0 Å². The van der Waals surface area contributed by atoms with Crippen molar-refractivity contribution in [1.29, 1.82) is 0 Å². The molecule has 0 unspecified atom stereocenters. The van der Waals surface area contributed by atoms with Gasteiger partial charge in [-0.3, -0.25) is 0 Å². The van der Waals surface area contributed by atoms with Crippen LogP contribution in [-0.4, -0.2) is 10.2 Å². The first-order valence-corrected chi connectivity index (χ1v) is 3.91. The van der Waals surface area contributed by atoms with Gasteiger partial charge in [0.1, 0.15) is 5.03 Å². The summed E-state index contributed by atoms with van der Waals surface area (Å²) in [5.41, 5.74) is 0.770. The summed E-state index contributed by atoms with van der Waals surface area (Å²) in [5, 5.41) is 8.03. The van der Waals surface area contributed by atoms with Crippen LogP contribution in [0.3, 0.4) is 0 Å². The molecule has 0 saturated carbocycles. The van der Waals surface area contributed by atoms with Crippen molar-refractivity contribution in [2.75, 3.05) is 0 Å². The molecule has 0 bridgehead atoms. The zero-order valence-electron chi connectivity index (χ0n) is 5.24. The van der Waals surface area contributed by atoms with E-state index in [9.17, 15) is 0 Å². The second-order valence-corrected chi connectivity index (χ2v) is 3.12. The van der Waals surface area contributed by atoms with Gasteiger partial charge in [0.2, 0.25) is 0 Å². The lowest BCUT2D eigenvalue weighted by Gasteiger charge is -2.00. The van der Waals surface area contributed by atoms with Gasteiger partial charge in [0.25, 0.3) is 0 Å². The third-order valence-electron chi connectivity index (χ3n) is 1.07.